The molecule has 13 heteroatoms. The van der Waals surface area contributed by atoms with E-state index in [9.17, 15) is 19.2 Å². The summed E-state index contributed by atoms with van der Waals surface area (Å²) >= 11 is 0.835. The molecule has 242 valence electrons. The van der Waals surface area contributed by atoms with Crippen molar-refractivity contribution in [3.63, 3.8) is 0 Å². The number of nitrogens with zero attached hydrogens (tertiary/aromatic N) is 2. The van der Waals surface area contributed by atoms with Crippen molar-refractivity contribution in [2.45, 2.75) is 40.5 Å². The van der Waals surface area contributed by atoms with Gasteiger partial charge in [-0.05, 0) is 51.0 Å². The monoisotopic (exact) mass is 656 g/mol. The molecular weight excluding hydrogens is 624 g/mol. The number of benzene rings is 2. The van der Waals surface area contributed by atoms with E-state index in [1.54, 1.807) is 62.4 Å². The van der Waals surface area contributed by atoms with Gasteiger partial charge in [-0.15, -0.1) is 11.3 Å². The third-order valence-electron chi connectivity index (χ3n) is 6.85. The molecule has 0 unspecified atom stereocenters. The van der Waals surface area contributed by atoms with Gasteiger partial charge in [-0.1, -0.05) is 50.2 Å². The van der Waals surface area contributed by atoms with E-state index >= 15 is 0 Å². The third-order valence-corrected chi connectivity index (χ3v) is 8.00. The summed E-state index contributed by atoms with van der Waals surface area (Å²) in [6.45, 7) is 7.42. The summed E-state index contributed by atoms with van der Waals surface area (Å²) in [5.41, 5.74) is 5.36. The Morgan fingerprint density at radius 2 is 1.11 bits per heavy atom. The van der Waals surface area contributed by atoms with Crippen molar-refractivity contribution in [2.24, 2.45) is 10.2 Å². The molecule has 3 aromatic heterocycles. The number of hydrogen-bond donors (Lipinski definition) is 2. The average Bonchev–Trinajstić information content (AvgIpc) is 3.44. The number of carbonyl (C=O) groups is 2. The van der Waals surface area contributed by atoms with E-state index < -0.39 is 23.1 Å². The van der Waals surface area contributed by atoms with Crippen molar-refractivity contribution < 1.29 is 27.9 Å². The van der Waals surface area contributed by atoms with Crippen LogP contribution in [0.3, 0.4) is 0 Å². The molecule has 5 rings (SSSR count). The Morgan fingerprint density at radius 3 is 1.51 bits per heavy atom. The summed E-state index contributed by atoms with van der Waals surface area (Å²) in [5.74, 6) is -1.19. The molecule has 0 aliphatic heterocycles. The van der Waals surface area contributed by atoms with Crippen LogP contribution in [0.2, 0.25) is 0 Å². The molecule has 2 aromatic carbocycles. The standard InChI is InChI=1S/C34H32N4O8S/c1-5-15-43-27-28(44-16-6-2)30(32(40)38-36-20(4)24-18-22-12-8-10-14-26(22)46-34(24)42)47-29(27)31(39)37-35-19(3)23-17-21-11-7-9-13-25(21)45-33(23)41/h7-14,17-18H,5-6,15-16H2,1-4H3,(H,37,39)(H,38,40)/b35-19+,36-20+. The lowest BCUT2D eigenvalue weighted by Crippen LogP contribution is -2.21. The largest absolute Gasteiger partial charge is 0.488 e. The van der Waals surface area contributed by atoms with Crippen molar-refractivity contribution in [3.05, 3.63) is 102 Å². The zero-order valence-electron chi connectivity index (χ0n) is 26.2. The first-order valence-corrected chi connectivity index (χ1v) is 15.7. The quantitative estimate of drug-likeness (QED) is 0.0961. The molecule has 0 saturated heterocycles. The maximum absolute atomic E-state index is 13.5. The van der Waals surface area contributed by atoms with Crippen LogP contribution in [0.15, 0.2) is 89.3 Å². The van der Waals surface area contributed by atoms with Crippen LogP contribution < -0.4 is 31.6 Å². The van der Waals surface area contributed by atoms with Crippen molar-refractivity contribution in [3.8, 4) is 11.5 Å². The molecule has 5 aromatic rings. The van der Waals surface area contributed by atoms with Gasteiger partial charge in [-0.25, -0.2) is 20.4 Å². The maximum Gasteiger partial charge on any atom is 0.345 e. The van der Waals surface area contributed by atoms with E-state index in [1.807, 2.05) is 26.0 Å². The first kappa shape index (κ1) is 32.8. The van der Waals surface area contributed by atoms with Gasteiger partial charge in [0.1, 0.15) is 20.9 Å². The summed E-state index contributed by atoms with van der Waals surface area (Å²) < 4.78 is 22.6. The molecule has 0 bridgehead atoms. The van der Waals surface area contributed by atoms with Gasteiger partial charge in [-0.2, -0.15) is 10.2 Å². The fourth-order valence-corrected chi connectivity index (χ4v) is 5.46. The van der Waals surface area contributed by atoms with Crippen LogP contribution >= 0.6 is 11.3 Å². The van der Waals surface area contributed by atoms with E-state index in [0.29, 0.717) is 34.8 Å². The number of ether oxygens (including phenoxy) is 2. The number of hydrazone groups is 2. The zero-order chi connectivity index (χ0) is 33.5. The SMILES string of the molecule is CCCOc1c(C(=O)N/N=C(\C)c2cc3ccccc3oc2=O)sc(C(=O)N/N=C(\C)c2cc3ccccc3oc2=O)c1OCCC. The first-order valence-electron chi connectivity index (χ1n) is 14.9. The first-order chi connectivity index (χ1) is 22.7. The lowest BCUT2D eigenvalue weighted by Gasteiger charge is -2.11. The highest BCUT2D eigenvalue weighted by atomic mass is 32.1. The minimum absolute atomic E-state index is 0.0349. The van der Waals surface area contributed by atoms with Gasteiger partial charge < -0.3 is 18.3 Å². The van der Waals surface area contributed by atoms with Crippen molar-refractivity contribution in [1.29, 1.82) is 0 Å². The molecule has 12 nitrogen and oxygen atoms in total. The molecule has 0 fully saturated rings. The van der Waals surface area contributed by atoms with Gasteiger partial charge in [0.25, 0.3) is 11.8 Å². The van der Waals surface area contributed by atoms with E-state index in [0.717, 1.165) is 11.3 Å². The molecule has 2 N–H and O–H groups in total. The van der Waals surface area contributed by atoms with Crippen molar-refractivity contribution >= 4 is 56.5 Å². The number of nitrogens with one attached hydrogen (secondary N) is 2. The predicted octanol–water partition coefficient (Wildman–Crippen LogP) is 5.85. The molecular formula is C34H32N4O8S. The fourth-order valence-electron chi connectivity index (χ4n) is 4.49. The Labute approximate surface area is 272 Å². The van der Waals surface area contributed by atoms with Crippen LogP contribution in [0.25, 0.3) is 21.9 Å². The Bertz CT molecular complexity index is 1990. The number of carbonyl (C=O) groups excluding carboxylic acids is 2. The van der Waals surface area contributed by atoms with Crippen LogP contribution in [0.5, 0.6) is 11.5 Å². The van der Waals surface area contributed by atoms with Gasteiger partial charge in [0.15, 0.2) is 11.5 Å². The predicted molar refractivity (Wildman–Crippen MR) is 180 cm³/mol. The Hall–Kier alpha value is -5.56. The smallest absolute Gasteiger partial charge is 0.345 e. The number of amides is 2. The maximum atomic E-state index is 13.5. The van der Waals surface area contributed by atoms with Gasteiger partial charge in [-0.3, -0.25) is 9.59 Å². The van der Waals surface area contributed by atoms with E-state index in [2.05, 4.69) is 21.1 Å². The zero-order valence-corrected chi connectivity index (χ0v) is 27.0. The van der Waals surface area contributed by atoms with Gasteiger partial charge >= 0.3 is 11.3 Å². The third kappa shape index (κ3) is 7.31. The van der Waals surface area contributed by atoms with Crippen molar-refractivity contribution in [1.82, 2.24) is 10.9 Å². The lowest BCUT2D eigenvalue weighted by atomic mass is 10.1. The highest BCUT2D eigenvalue weighted by molar-refractivity contribution is 7.16. The topological polar surface area (TPSA) is 162 Å². The molecule has 0 aliphatic carbocycles. The second kappa shape index (κ2) is 14.7. The van der Waals surface area contributed by atoms with E-state index in [-0.39, 0.29) is 57.0 Å². The number of thiophene rings is 1. The molecule has 0 saturated carbocycles. The lowest BCUT2D eigenvalue weighted by molar-refractivity contribution is 0.0945. The molecule has 47 heavy (non-hydrogen) atoms. The number of rotatable bonds is 12. The highest BCUT2D eigenvalue weighted by Crippen LogP contribution is 2.43. The van der Waals surface area contributed by atoms with E-state index in [4.69, 9.17) is 18.3 Å². The number of hydrogen-bond acceptors (Lipinski definition) is 11. The van der Waals surface area contributed by atoms with Crippen LogP contribution in [-0.2, 0) is 0 Å². The summed E-state index contributed by atoms with van der Waals surface area (Å²) in [6.07, 6.45) is 1.25. The summed E-state index contributed by atoms with van der Waals surface area (Å²) in [4.78, 5) is 52.2. The van der Waals surface area contributed by atoms with Crippen LogP contribution in [0.1, 0.15) is 71.0 Å². The molecule has 0 radical (unpaired) electrons. The van der Waals surface area contributed by atoms with E-state index in [1.165, 1.54) is 0 Å². The number of fused-ring (bicyclic) bond motifs is 2. The Kier molecular flexibility index (Phi) is 10.3. The minimum Gasteiger partial charge on any atom is -0.488 e. The van der Waals surface area contributed by atoms with Gasteiger partial charge in [0, 0.05) is 10.8 Å². The Morgan fingerprint density at radius 1 is 0.702 bits per heavy atom. The fraction of sp³-hybridized carbons (Fsp3) is 0.235. The summed E-state index contributed by atoms with van der Waals surface area (Å²) in [6, 6.07) is 17.4. The van der Waals surface area contributed by atoms with Crippen molar-refractivity contribution in [2.75, 3.05) is 13.2 Å². The second-order valence-electron chi connectivity index (χ2n) is 10.4. The molecule has 0 spiro atoms. The second-order valence-corrected chi connectivity index (χ2v) is 11.4. The Balaban J connectivity index is 1.44. The molecule has 0 atom stereocenters. The molecule has 2 amide bonds. The van der Waals surface area contributed by atoms with Crippen LogP contribution in [0, 0.1) is 0 Å². The summed E-state index contributed by atoms with van der Waals surface area (Å²) in [5, 5.41) is 9.67. The average molecular weight is 657 g/mol. The van der Waals surface area contributed by atoms with Gasteiger partial charge in [0.2, 0.25) is 0 Å². The van der Waals surface area contributed by atoms with Gasteiger partial charge in [0.05, 0.1) is 35.8 Å². The van der Waals surface area contributed by atoms with Crippen LogP contribution in [-0.4, -0.2) is 36.5 Å². The number of para-hydroxylation sites is 2. The van der Waals surface area contributed by atoms with Crippen LogP contribution in [0.4, 0.5) is 0 Å². The molecule has 0 aliphatic rings. The normalized spacial score (nSPS) is 11.9. The molecule has 3 heterocycles. The minimum atomic E-state index is -0.681. The highest BCUT2D eigenvalue weighted by Gasteiger charge is 2.30. The summed E-state index contributed by atoms with van der Waals surface area (Å²) in [7, 11) is 0.